The lowest BCUT2D eigenvalue weighted by molar-refractivity contribution is -0.383. The molecule has 2 N–H and O–H groups in total. The van der Waals surface area contributed by atoms with Crippen molar-refractivity contribution < 1.29 is 4.92 Å². The molecule has 0 fully saturated rings. The number of rotatable bonds is 5. The van der Waals surface area contributed by atoms with Crippen LogP contribution in [0.25, 0.3) is 0 Å². The fourth-order valence-corrected chi connectivity index (χ4v) is 1.88. The Kier molecular flexibility index (Phi) is 4.26. The molecule has 1 aromatic carbocycles. The summed E-state index contributed by atoms with van der Waals surface area (Å²) in [4.78, 5) is 19.8. The Morgan fingerprint density at radius 3 is 2.67 bits per heavy atom. The molecule has 0 aliphatic rings. The van der Waals surface area contributed by atoms with E-state index in [0.29, 0.717) is 5.69 Å². The third-order valence-corrected chi connectivity index (χ3v) is 2.78. The van der Waals surface area contributed by atoms with Crippen LogP contribution in [0.1, 0.15) is 6.42 Å². The van der Waals surface area contributed by atoms with Crippen LogP contribution in [0.15, 0.2) is 36.7 Å². The lowest BCUT2D eigenvalue weighted by atomic mass is 10.2. The van der Waals surface area contributed by atoms with E-state index in [2.05, 4.69) is 9.97 Å². The van der Waals surface area contributed by atoms with Gasteiger partial charge in [0.05, 0.1) is 17.4 Å². The molecule has 8 nitrogen and oxygen atoms in total. The van der Waals surface area contributed by atoms with E-state index in [9.17, 15) is 10.1 Å². The fraction of sp³-hybridized carbons (Fsp3) is 0.154. The van der Waals surface area contributed by atoms with Gasteiger partial charge in [0.25, 0.3) is 0 Å². The number of nitrogens with zero attached hydrogens (tertiary/aromatic N) is 5. The zero-order valence-corrected chi connectivity index (χ0v) is 11.0. The second-order valence-electron chi connectivity index (χ2n) is 4.08. The molecule has 21 heavy (non-hydrogen) atoms. The number of nitro groups is 1. The minimum absolute atomic E-state index is 0.0777. The first-order chi connectivity index (χ1) is 10.1. The number of nitrogen functional groups attached to an aromatic ring is 1. The van der Waals surface area contributed by atoms with Crippen LogP contribution in [0.4, 0.5) is 23.0 Å². The predicted octanol–water partition coefficient (Wildman–Crippen LogP) is 2.02. The van der Waals surface area contributed by atoms with Crippen molar-refractivity contribution in [1.82, 2.24) is 9.97 Å². The SMILES string of the molecule is N#CCCN(c1ccccc1)c1ncnc(N)c1[N+](=O)[O-]. The van der Waals surface area contributed by atoms with Crippen LogP contribution in [-0.2, 0) is 0 Å². The van der Waals surface area contributed by atoms with Crippen LogP contribution < -0.4 is 10.6 Å². The monoisotopic (exact) mass is 284 g/mol. The molecular formula is C13H12N6O2. The maximum absolute atomic E-state index is 11.2. The number of para-hydroxylation sites is 1. The summed E-state index contributed by atoms with van der Waals surface area (Å²) >= 11 is 0. The lowest BCUT2D eigenvalue weighted by Crippen LogP contribution is -2.21. The molecule has 0 spiro atoms. The minimum atomic E-state index is -0.618. The van der Waals surface area contributed by atoms with Crippen molar-refractivity contribution in [3.8, 4) is 6.07 Å². The standard InChI is InChI=1S/C13H12N6O2/c14-7-4-8-18(10-5-2-1-3-6-10)13-11(19(20)21)12(15)16-9-17-13/h1-3,5-6,9H,4,8H2,(H2,15,16,17). The number of benzene rings is 1. The molecule has 1 aromatic heterocycles. The van der Waals surface area contributed by atoms with Gasteiger partial charge in [-0.25, -0.2) is 9.97 Å². The number of hydrogen-bond acceptors (Lipinski definition) is 7. The van der Waals surface area contributed by atoms with Gasteiger partial charge in [-0.1, -0.05) is 18.2 Å². The van der Waals surface area contributed by atoms with Crippen molar-refractivity contribution in [2.24, 2.45) is 0 Å². The first kappa shape index (κ1) is 14.2. The van der Waals surface area contributed by atoms with Gasteiger partial charge < -0.3 is 10.6 Å². The van der Waals surface area contributed by atoms with Gasteiger partial charge in [-0.3, -0.25) is 10.1 Å². The lowest BCUT2D eigenvalue weighted by Gasteiger charge is -2.22. The molecule has 0 unspecified atom stereocenters. The van der Waals surface area contributed by atoms with Gasteiger partial charge in [0.1, 0.15) is 6.33 Å². The van der Waals surface area contributed by atoms with Gasteiger partial charge >= 0.3 is 5.69 Å². The Morgan fingerprint density at radius 2 is 2.05 bits per heavy atom. The van der Waals surface area contributed by atoms with E-state index in [1.165, 1.54) is 6.33 Å². The Morgan fingerprint density at radius 1 is 1.33 bits per heavy atom. The first-order valence-electron chi connectivity index (χ1n) is 6.09. The number of nitrogens with two attached hydrogens (primary N) is 1. The summed E-state index contributed by atoms with van der Waals surface area (Å²) in [6.07, 6.45) is 1.36. The summed E-state index contributed by atoms with van der Waals surface area (Å²) in [5.41, 5.74) is 5.91. The van der Waals surface area contributed by atoms with Gasteiger partial charge in [0.2, 0.25) is 11.6 Å². The third kappa shape index (κ3) is 3.03. The molecular weight excluding hydrogens is 272 g/mol. The second kappa shape index (κ2) is 6.29. The zero-order valence-electron chi connectivity index (χ0n) is 11.0. The maximum atomic E-state index is 11.2. The van der Waals surface area contributed by atoms with Gasteiger partial charge in [0, 0.05) is 12.2 Å². The maximum Gasteiger partial charge on any atom is 0.353 e. The number of nitriles is 1. The van der Waals surface area contributed by atoms with Crippen LogP contribution in [-0.4, -0.2) is 21.4 Å². The summed E-state index contributed by atoms with van der Waals surface area (Å²) in [5, 5.41) is 20.0. The van der Waals surface area contributed by atoms with E-state index in [4.69, 9.17) is 11.0 Å². The van der Waals surface area contributed by atoms with Crippen LogP contribution in [0.3, 0.4) is 0 Å². The quantitative estimate of drug-likeness (QED) is 0.658. The summed E-state index contributed by atoms with van der Waals surface area (Å²) in [7, 11) is 0. The molecule has 0 bridgehead atoms. The van der Waals surface area contributed by atoms with Crippen molar-refractivity contribution in [2.75, 3.05) is 17.2 Å². The second-order valence-corrected chi connectivity index (χ2v) is 4.08. The number of anilines is 3. The van der Waals surface area contributed by atoms with Gasteiger partial charge in [-0.2, -0.15) is 5.26 Å². The number of aromatic nitrogens is 2. The van der Waals surface area contributed by atoms with Gasteiger partial charge in [-0.15, -0.1) is 0 Å². The molecule has 0 atom stereocenters. The smallest absolute Gasteiger partial charge is 0.353 e. The van der Waals surface area contributed by atoms with E-state index < -0.39 is 4.92 Å². The molecule has 0 aliphatic carbocycles. The average Bonchev–Trinajstić information content (AvgIpc) is 2.48. The zero-order chi connectivity index (χ0) is 15.2. The molecule has 1 heterocycles. The summed E-state index contributed by atoms with van der Waals surface area (Å²) in [6, 6.07) is 11.0. The van der Waals surface area contributed by atoms with Crippen molar-refractivity contribution >= 4 is 23.0 Å². The van der Waals surface area contributed by atoms with Gasteiger partial charge in [0.15, 0.2) is 0 Å². The van der Waals surface area contributed by atoms with Crippen LogP contribution >= 0.6 is 0 Å². The van der Waals surface area contributed by atoms with E-state index in [-0.39, 0.29) is 30.3 Å². The normalized spacial score (nSPS) is 9.86. The summed E-state index contributed by atoms with van der Waals surface area (Å²) < 4.78 is 0. The highest BCUT2D eigenvalue weighted by Crippen LogP contribution is 2.34. The molecule has 0 saturated carbocycles. The highest BCUT2D eigenvalue weighted by molar-refractivity contribution is 5.74. The van der Waals surface area contributed by atoms with Crippen molar-refractivity contribution in [1.29, 1.82) is 5.26 Å². The van der Waals surface area contributed by atoms with Gasteiger partial charge in [-0.05, 0) is 12.1 Å². The number of hydrogen-bond donors (Lipinski definition) is 1. The average molecular weight is 284 g/mol. The van der Waals surface area contributed by atoms with Crippen LogP contribution in [0, 0.1) is 21.4 Å². The summed E-state index contributed by atoms with van der Waals surface area (Å²) in [5.74, 6) is -0.128. The Labute approximate surface area is 120 Å². The molecule has 2 rings (SSSR count). The van der Waals surface area contributed by atoms with Crippen LogP contribution in [0.2, 0.25) is 0 Å². The summed E-state index contributed by atoms with van der Waals surface area (Å²) in [6.45, 7) is 0.262. The highest BCUT2D eigenvalue weighted by atomic mass is 16.6. The first-order valence-corrected chi connectivity index (χ1v) is 6.09. The van der Waals surface area contributed by atoms with E-state index in [1.54, 1.807) is 29.2 Å². The van der Waals surface area contributed by atoms with Crippen molar-refractivity contribution in [3.05, 3.63) is 46.8 Å². The Balaban J connectivity index is 2.55. The molecule has 0 radical (unpaired) electrons. The molecule has 0 aliphatic heterocycles. The van der Waals surface area contributed by atoms with Crippen molar-refractivity contribution in [2.45, 2.75) is 6.42 Å². The molecule has 0 saturated heterocycles. The van der Waals surface area contributed by atoms with E-state index in [1.807, 2.05) is 12.1 Å². The third-order valence-electron chi connectivity index (χ3n) is 2.78. The Hall–Kier alpha value is -3.21. The van der Waals surface area contributed by atoms with Crippen molar-refractivity contribution in [3.63, 3.8) is 0 Å². The Bertz CT molecular complexity index is 683. The fourth-order valence-electron chi connectivity index (χ4n) is 1.88. The predicted molar refractivity (Wildman–Crippen MR) is 76.8 cm³/mol. The highest BCUT2D eigenvalue weighted by Gasteiger charge is 2.26. The molecule has 2 aromatic rings. The minimum Gasteiger partial charge on any atom is -0.378 e. The van der Waals surface area contributed by atoms with E-state index in [0.717, 1.165) is 0 Å². The molecule has 106 valence electrons. The molecule has 8 heteroatoms. The van der Waals surface area contributed by atoms with Crippen LogP contribution in [0.5, 0.6) is 0 Å². The largest absolute Gasteiger partial charge is 0.378 e. The van der Waals surface area contributed by atoms with E-state index >= 15 is 0 Å². The molecule has 0 amide bonds. The topological polar surface area (TPSA) is 122 Å².